The number of nitrogens with one attached hydrogen (secondary N) is 1. The molecule has 2 aromatic rings. The number of carbonyl (C=O) groups excluding carboxylic acids is 1. The quantitative estimate of drug-likeness (QED) is 0.933. The van der Waals surface area contributed by atoms with Crippen molar-refractivity contribution in [2.75, 3.05) is 0 Å². The van der Waals surface area contributed by atoms with Gasteiger partial charge in [0.2, 0.25) is 0 Å². The average molecular weight is 276 g/mol. The summed E-state index contributed by atoms with van der Waals surface area (Å²) in [6.45, 7) is 5.96. The van der Waals surface area contributed by atoms with Crippen LogP contribution in [0.4, 0.5) is 4.39 Å². The number of hydrogen-bond donors (Lipinski definition) is 1. The van der Waals surface area contributed by atoms with Crippen molar-refractivity contribution in [3.63, 3.8) is 0 Å². The third-order valence-corrected chi connectivity index (χ3v) is 3.01. The van der Waals surface area contributed by atoms with Gasteiger partial charge in [0.1, 0.15) is 11.4 Å². The molecule has 0 aliphatic carbocycles. The summed E-state index contributed by atoms with van der Waals surface area (Å²) < 4.78 is 18.0. The number of hydrogen-bond acceptors (Lipinski definition) is 3. The van der Waals surface area contributed by atoms with E-state index in [9.17, 15) is 9.18 Å². The minimum atomic E-state index is -0.294. The lowest BCUT2D eigenvalue weighted by Crippen LogP contribution is -2.24. The maximum absolute atomic E-state index is 12.8. The number of aryl methyl sites for hydroxylation is 1. The zero-order valence-electron chi connectivity index (χ0n) is 11.7. The summed E-state index contributed by atoms with van der Waals surface area (Å²) >= 11 is 0. The molecule has 1 heterocycles. The average Bonchev–Trinajstić information content (AvgIpc) is 2.80. The lowest BCUT2D eigenvalue weighted by atomic mass is 10.0. The Hall–Kier alpha value is -2.17. The number of rotatable bonds is 4. The molecule has 1 aromatic heterocycles. The van der Waals surface area contributed by atoms with Crippen LogP contribution < -0.4 is 5.32 Å². The molecule has 0 bridgehead atoms. The molecule has 106 valence electrons. The van der Waals surface area contributed by atoms with E-state index in [1.165, 1.54) is 12.1 Å². The number of amides is 1. The van der Waals surface area contributed by atoms with E-state index in [4.69, 9.17) is 4.52 Å². The summed E-state index contributed by atoms with van der Waals surface area (Å²) in [6, 6.07) is 6.01. The Kier molecular flexibility index (Phi) is 4.17. The van der Waals surface area contributed by atoms with Crippen LogP contribution in [0.3, 0.4) is 0 Å². The molecule has 1 amide bonds. The third-order valence-electron chi connectivity index (χ3n) is 3.01. The summed E-state index contributed by atoms with van der Waals surface area (Å²) in [4.78, 5) is 12.2. The third kappa shape index (κ3) is 3.04. The molecule has 0 atom stereocenters. The van der Waals surface area contributed by atoms with E-state index in [1.807, 2.05) is 13.8 Å². The highest BCUT2D eigenvalue weighted by Gasteiger charge is 2.22. The van der Waals surface area contributed by atoms with Gasteiger partial charge in [0.15, 0.2) is 5.76 Å². The number of nitrogens with zero attached hydrogens (tertiary/aromatic N) is 1. The molecule has 0 unspecified atom stereocenters. The second kappa shape index (κ2) is 5.86. The van der Waals surface area contributed by atoms with Crippen LogP contribution >= 0.6 is 0 Å². The van der Waals surface area contributed by atoms with Crippen LogP contribution in [0.5, 0.6) is 0 Å². The van der Waals surface area contributed by atoms with Crippen molar-refractivity contribution in [3.05, 3.63) is 52.7 Å². The molecule has 4 nitrogen and oxygen atoms in total. The van der Waals surface area contributed by atoms with Crippen LogP contribution in [0.2, 0.25) is 0 Å². The predicted molar refractivity (Wildman–Crippen MR) is 72.9 cm³/mol. The molecule has 0 aliphatic heterocycles. The van der Waals surface area contributed by atoms with Crippen LogP contribution in [0.15, 0.2) is 28.8 Å². The van der Waals surface area contributed by atoms with Crippen molar-refractivity contribution in [2.45, 2.75) is 33.2 Å². The fraction of sp³-hybridized carbons (Fsp3) is 0.333. The Morgan fingerprint density at radius 1 is 1.35 bits per heavy atom. The number of aromatic nitrogens is 1. The zero-order valence-corrected chi connectivity index (χ0v) is 11.7. The van der Waals surface area contributed by atoms with Gasteiger partial charge in [0.25, 0.3) is 5.91 Å². The van der Waals surface area contributed by atoms with Crippen LogP contribution in [0, 0.1) is 12.7 Å². The first-order valence-corrected chi connectivity index (χ1v) is 6.48. The van der Waals surface area contributed by atoms with Gasteiger partial charge in [-0.05, 0) is 24.6 Å². The molecule has 20 heavy (non-hydrogen) atoms. The highest BCUT2D eigenvalue weighted by atomic mass is 19.1. The second-order valence-electron chi connectivity index (χ2n) is 4.97. The van der Waals surface area contributed by atoms with Gasteiger partial charge >= 0.3 is 0 Å². The molecule has 1 N–H and O–H groups in total. The second-order valence-corrected chi connectivity index (χ2v) is 4.97. The fourth-order valence-corrected chi connectivity index (χ4v) is 1.93. The van der Waals surface area contributed by atoms with Gasteiger partial charge in [-0.3, -0.25) is 4.79 Å². The van der Waals surface area contributed by atoms with Gasteiger partial charge in [-0.25, -0.2) is 4.39 Å². The standard InChI is InChI=1S/C15H17FN2O2/c1-9(2)14-13(10(3)18-20-14)15(19)17-8-11-4-6-12(16)7-5-11/h4-7,9H,8H2,1-3H3,(H,17,19). The maximum Gasteiger partial charge on any atom is 0.257 e. The van der Waals surface area contributed by atoms with Gasteiger partial charge in [0, 0.05) is 12.5 Å². The molecular weight excluding hydrogens is 259 g/mol. The lowest BCUT2D eigenvalue weighted by molar-refractivity contribution is 0.0948. The summed E-state index contributed by atoms with van der Waals surface area (Å²) in [7, 11) is 0. The molecule has 0 radical (unpaired) electrons. The van der Waals surface area contributed by atoms with E-state index in [0.717, 1.165) is 5.56 Å². The Balaban J connectivity index is 2.09. The molecule has 0 fully saturated rings. The van der Waals surface area contributed by atoms with Gasteiger partial charge in [-0.1, -0.05) is 31.1 Å². The van der Waals surface area contributed by atoms with Crippen LogP contribution in [0.25, 0.3) is 0 Å². The molecule has 0 aliphatic rings. The van der Waals surface area contributed by atoms with E-state index in [1.54, 1.807) is 19.1 Å². The Labute approximate surface area is 117 Å². The van der Waals surface area contributed by atoms with Gasteiger partial charge in [0.05, 0.1) is 5.69 Å². The van der Waals surface area contributed by atoms with Crippen molar-refractivity contribution in [2.24, 2.45) is 0 Å². The number of benzene rings is 1. The topological polar surface area (TPSA) is 55.1 Å². The van der Waals surface area contributed by atoms with E-state index in [2.05, 4.69) is 10.5 Å². The largest absolute Gasteiger partial charge is 0.360 e. The summed E-state index contributed by atoms with van der Waals surface area (Å²) in [6.07, 6.45) is 0. The predicted octanol–water partition coefficient (Wildman–Crippen LogP) is 3.18. The van der Waals surface area contributed by atoms with E-state index in [0.29, 0.717) is 23.6 Å². The Morgan fingerprint density at radius 3 is 2.60 bits per heavy atom. The van der Waals surface area contributed by atoms with Crippen molar-refractivity contribution in [1.82, 2.24) is 10.5 Å². The lowest BCUT2D eigenvalue weighted by Gasteiger charge is -2.07. The van der Waals surface area contributed by atoms with Gasteiger partial charge in [-0.2, -0.15) is 0 Å². The summed E-state index contributed by atoms with van der Waals surface area (Å²) in [5, 5.41) is 6.64. The molecule has 0 saturated heterocycles. The highest BCUT2D eigenvalue weighted by Crippen LogP contribution is 2.22. The maximum atomic E-state index is 12.8. The van der Waals surface area contributed by atoms with Crippen LogP contribution in [0.1, 0.15) is 47.1 Å². The Bertz CT molecular complexity index is 603. The molecular formula is C15H17FN2O2. The first-order valence-electron chi connectivity index (χ1n) is 6.48. The monoisotopic (exact) mass is 276 g/mol. The van der Waals surface area contributed by atoms with Gasteiger partial charge < -0.3 is 9.84 Å². The zero-order chi connectivity index (χ0) is 14.7. The molecule has 1 aromatic carbocycles. The minimum absolute atomic E-state index is 0.0859. The summed E-state index contributed by atoms with van der Waals surface area (Å²) in [5.41, 5.74) is 1.90. The normalized spacial score (nSPS) is 10.8. The van der Waals surface area contributed by atoms with Crippen molar-refractivity contribution >= 4 is 5.91 Å². The van der Waals surface area contributed by atoms with Crippen LogP contribution in [-0.2, 0) is 6.54 Å². The first kappa shape index (κ1) is 14.2. The number of halogens is 1. The van der Waals surface area contributed by atoms with Crippen molar-refractivity contribution in [1.29, 1.82) is 0 Å². The Morgan fingerprint density at radius 2 is 2.00 bits per heavy atom. The van der Waals surface area contributed by atoms with E-state index >= 15 is 0 Å². The molecule has 5 heteroatoms. The van der Waals surface area contributed by atoms with Crippen LogP contribution in [-0.4, -0.2) is 11.1 Å². The smallest absolute Gasteiger partial charge is 0.257 e. The minimum Gasteiger partial charge on any atom is -0.360 e. The SMILES string of the molecule is Cc1noc(C(C)C)c1C(=O)NCc1ccc(F)cc1. The van der Waals surface area contributed by atoms with Crippen molar-refractivity contribution < 1.29 is 13.7 Å². The van der Waals surface area contributed by atoms with Crippen molar-refractivity contribution in [3.8, 4) is 0 Å². The number of carbonyl (C=O) groups is 1. The molecule has 0 saturated carbocycles. The van der Waals surface area contributed by atoms with E-state index in [-0.39, 0.29) is 17.6 Å². The highest BCUT2D eigenvalue weighted by molar-refractivity contribution is 5.96. The molecule has 0 spiro atoms. The summed E-state index contributed by atoms with van der Waals surface area (Å²) in [5.74, 6) is 0.149. The first-order chi connectivity index (χ1) is 9.49. The molecule has 2 rings (SSSR count). The fourth-order valence-electron chi connectivity index (χ4n) is 1.93. The van der Waals surface area contributed by atoms with E-state index < -0.39 is 0 Å². The van der Waals surface area contributed by atoms with Gasteiger partial charge in [-0.15, -0.1) is 0 Å².